The molecule has 0 spiro atoms. The molecule has 0 bridgehead atoms. The van der Waals surface area contributed by atoms with Crippen LogP contribution in [0.4, 0.5) is 0 Å². The van der Waals surface area contributed by atoms with Gasteiger partial charge >= 0.3 is 12.9 Å². The van der Waals surface area contributed by atoms with Crippen LogP contribution in [0.2, 0.25) is 0 Å². The summed E-state index contributed by atoms with van der Waals surface area (Å²) in [5, 5.41) is 8.43. The van der Waals surface area contributed by atoms with Crippen molar-refractivity contribution < 1.29 is 23.7 Å². The molecule has 0 saturated heterocycles. The molecule has 1 atom stereocenters. The summed E-state index contributed by atoms with van der Waals surface area (Å²) >= 11 is 0. The molecule has 0 fully saturated rings. The van der Waals surface area contributed by atoms with E-state index in [0.717, 1.165) is 0 Å². The van der Waals surface area contributed by atoms with Crippen molar-refractivity contribution in [2.45, 2.75) is 6.61 Å². The van der Waals surface area contributed by atoms with Crippen molar-refractivity contribution >= 4 is 7.82 Å². The van der Waals surface area contributed by atoms with Crippen molar-refractivity contribution in [2.24, 2.45) is 0 Å². The molecule has 7 nitrogen and oxygen atoms in total. The molecule has 0 aliphatic carbocycles. The molecule has 15 heavy (non-hydrogen) atoms. The molecule has 82 valence electrons. The van der Waals surface area contributed by atoms with Gasteiger partial charge in [0.25, 0.3) is 0 Å². The van der Waals surface area contributed by atoms with E-state index in [1.54, 1.807) is 30.3 Å². The van der Waals surface area contributed by atoms with Crippen molar-refractivity contribution in [1.82, 2.24) is 0 Å². The molecule has 1 rings (SSSR count). The zero-order valence-electron chi connectivity index (χ0n) is 7.48. The minimum atomic E-state index is -4.61. The van der Waals surface area contributed by atoms with Gasteiger partial charge in [0.15, 0.2) is 0 Å². The third-order valence-electron chi connectivity index (χ3n) is 1.41. The predicted octanol–water partition coefficient (Wildman–Crippen LogP) is 1.51. The Morgan fingerprint density at radius 1 is 1.40 bits per heavy atom. The lowest BCUT2D eigenvalue weighted by Crippen LogP contribution is -2.01. The molecular formula is C7H8NO6P. The zero-order valence-corrected chi connectivity index (χ0v) is 8.37. The number of phosphoric acid groups is 1. The van der Waals surface area contributed by atoms with E-state index in [1.165, 1.54) is 0 Å². The van der Waals surface area contributed by atoms with Gasteiger partial charge in [-0.15, -0.1) is 10.1 Å². The molecule has 0 heterocycles. The Bertz CT molecular complexity index is 380. The molecule has 0 amide bonds. The molecule has 0 aromatic heterocycles. The zero-order chi connectivity index (χ0) is 11.3. The minimum absolute atomic E-state index is 0.234. The Kier molecular flexibility index (Phi) is 3.79. The fourth-order valence-electron chi connectivity index (χ4n) is 0.838. The van der Waals surface area contributed by atoms with E-state index in [2.05, 4.69) is 9.15 Å². The van der Waals surface area contributed by atoms with Gasteiger partial charge in [-0.1, -0.05) is 30.3 Å². The topological polar surface area (TPSA) is 98.9 Å². The molecule has 8 heteroatoms. The summed E-state index contributed by atoms with van der Waals surface area (Å²) < 4.78 is 18.7. The number of benzene rings is 1. The molecular weight excluding hydrogens is 225 g/mol. The second kappa shape index (κ2) is 4.88. The van der Waals surface area contributed by atoms with Crippen molar-refractivity contribution in [1.29, 1.82) is 0 Å². The Morgan fingerprint density at radius 3 is 2.53 bits per heavy atom. The fourth-order valence-corrected chi connectivity index (χ4v) is 1.37. The summed E-state index contributed by atoms with van der Waals surface area (Å²) in [6.07, 6.45) is 0. The molecule has 0 saturated carbocycles. The van der Waals surface area contributed by atoms with E-state index in [1.807, 2.05) is 0 Å². The number of hydrogen-bond donors (Lipinski definition) is 1. The van der Waals surface area contributed by atoms with Crippen LogP contribution in [-0.2, 0) is 20.3 Å². The van der Waals surface area contributed by atoms with Gasteiger partial charge in [-0.25, -0.2) is 4.57 Å². The maximum absolute atomic E-state index is 10.9. The van der Waals surface area contributed by atoms with E-state index in [-0.39, 0.29) is 6.61 Å². The summed E-state index contributed by atoms with van der Waals surface area (Å²) in [7, 11) is -4.61. The Morgan fingerprint density at radius 2 is 2.00 bits per heavy atom. The van der Waals surface area contributed by atoms with Crippen LogP contribution < -0.4 is 0 Å². The molecule has 0 radical (unpaired) electrons. The van der Waals surface area contributed by atoms with Crippen LogP contribution >= 0.6 is 7.82 Å². The molecule has 0 aliphatic heterocycles. The summed E-state index contributed by atoms with van der Waals surface area (Å²) in [6, 6.07) is 8.46. The average Bonchev–Trinajstić information content (AvgIpc) is 2.15. The Hall–Kier alpha value is -1.43. The molecule has 1 unspecified atom stereocenters. The number of nitrogens with zero attached hydrogens (tertiary/aromatic N) is 1. The van der Waals surface area contributed by atoms with E-state index in [9.17, 15) is 14.7 Å². The number of hydrogen-bond acceptors (Lipinski definition) is 5. The van der Waals surface area contributed by atoms with E-state index in [4.69, 9.17) is 4.89 Å². The maximum atomic E-state index is 10.9. The lowest BCUT2D eigenvalue weighted by molar-refractivity contribution is -0.718. The molecule has 1 N–H and O–H groups in total. The highest BCUT2D eigenvalue weighted by Crippen LogP contribution is 2.43. The second-order valence-corrected chi connectivity index (χ2v) is 3.89. The largest absolute Gasteiger partial charge is 0.504 e. The van der Waals surface area contributed by atoms with Crippen molar-refractivity contribution in [3.8, 4) is 0 Å². The van der Waals surface area contributed by atoms with Crippen LogP contribution in [-0.4, -0.2) is 9.98 Å². The standard InChI is InChI=1S/C7H8NO6P/c9-8(10)14-15(11,12)13-6-7-4-2-1-3-5-7/h1-5H,6H2,(H,11,12). The smallest absolute Gasteiger partial charge is 0.305 e. The van der Waals surface area contributed by atoms with Crippen molar-refractivity contribution in [2.75, 3.05) is 0 Å². The van der Waals surface area contributed by atoms with Crippen LogP contribution in [0.25, 0.3) is 0 Å². The molecule has 1 aromatic carbocycles. The Balaban J connectivity index is 2.50. The molecule has 1 aromatic rings. The fraction of sp³-hybridized carbons (Fsp3) is 0.143. The van der Waals surface area contributed by atoms with Crippen molar-refractivity contribution in [3.63, 3.8) is 0 Å². The van der Waals surface area contributed by atoms with Gasteiger partial charge in [-0.05, 0) is 5.56 Å². The van der Waals surface area contributed by atoms with Gasteiger partial charge in [0, 0.05) is 0 Å². The number of rotatable bonds is 5. The van der Waals surface area contributed by atoms with E-state index < -0.39 is 12.9 Å². The van der Waals surface area contributed by atoms with E-state index >= 15 is 0 Å². The highest BCUT2D eigenvalue weighted by atomic mass is 31.2. The van der Waals surface area contributed by atoms with Crippen LogP contribution in [0.15, 0.2) is 30.3 Å². The van der Waals surface area contributed by atoms with Crippen LogP contribution in [0.3, 0.4) is 0 Å². The van der Waals surface area contributed by atoms with Gasteiger partial charge in [-0.2, -0.15) is 4.62 Å². The first-order valence-electron chi connectivity index (χ1n) is 3.85. The third-order valence-corrected chi connectivity index (χ3v) is 2.20. The highest BCUT2D eigenvalue weighted by Gasteiger charge is 2.24. The quantitative estimate of drug-likeness (QED) is 0.470. The monoisotopic (exact) mass is 233 g/mol. The third kappa shape index (κ3) is 4.55. The van der Waals surface area contributed by atoms with Crippen molar-refractivity contribution in [3.05, 3.63) is 46.0 Å². The van der Waals surface area contributed by atoms with Crippen LogP contribution in [0.1, 0.15) is 5.56 Å². The summed E-state index contributed by atoms with van der Waals surface area (Å²) in [6.45, 7) is -0.234. The van der Waals surface area contributed by atoms with Gasteiger partial charge in [-0.3, -0.25) is 4.52 Å². The first kappa shape index (κ1) is 11.6. The first-order valence-corrected chi connectivity index (χ1v) is 5.34. The summed E-state index contributed by atoms with van der Waals surface area (Å²) in [4.78, 5) is 18.6. The van der Waals surface area contributed by atoms with Gasteiger partial charge in [0.1, 0.15) is 0 Å². The average molecular weight is 233 g/mol. The van der Waals surface area contributed by atoms with Gasteiger partial charge in [0.05, 0.1) is 6.61 Å². The maximum Gasteiger partial charge on any atom is 0.504 e. The normalized spacial score (nSPS) is 14.2. The Labute approximate surface area is 85.0 Å². The van der Waals surface area contributed by atoms with Crippen LogP contribution in [0, 0.1) is 10.1 Å². The van der Waals surface area contributed by atoms with Gasteiger partial charge < -0.3 is 4.89 Å². The van der Waals surface area contributed by atoms with Crippen LogP contribution in [0.5, 0.6) is 0 Å². The second-order valence-electron chi connectivity index (χ2n) is 2.53. The molecule has 0 aliphatic rings. The van der Waals surface area contributed by atoms with Gasteiger partial charge in [0.2, 0.25) is 0 Å². The SMILES string of the molecule is O=[N+]([O-])OP(=O)(O)OCc1ccccc1. The lowest BCUT2D eigenvalue weighted by Gasteiger charge is -2.08. The summed E-state index contributed by atoms with van der Waals surface area (Å²) in [5.41, 5.74) is 0.610. The lowest BCUT2D eigenvalue weighted by atomic mass is 10.2. The van der Waals surface area contributed by atoms with E-state index in [0.29, 0.717) is 5.56 Å². The summed E-state index contributed by atoms with van der Waals surface area (Å²) in [5.74, 6) is 0. The predicted molar refractivity (Wildman–Crippen MR) is 49.1 cm³/mol. The minimum Gasteiger partial charge on any atom is -0.305 e. The highest BCUT2D eigenvalue weighted by molar-refractivity contribution is 7.47. The first-order chi connectivity index (χ1) is 6.99. The number of phosphoric ester groups is 1.